The molecule has 2 aromatic rings. The van der Waals surface area contributed by atoms with Gasteiger partial charge in [0.1, 0.15) is 5.75 Å². The van der Waals surface area contributed by atoms with Gasteiger partial charge in [0.25, 0.3) is 0 Å². The molecule has 1 aromatic heterocycles. The summed E-state index contributed by atoms with van der Waals surface area (Å²) >= 11 is 0. The van der Waals surface area contributed by atoms with E-state index < -0.39 is 10.0 Å². The highest BCUT2D eigenvalue weighted by Gasteiger charge is 2.32. The molecule has 8 heteroatoms. The fourth-order valence-corrected chi connectivity index (χ4v) is 5.11. The summed E-state index contributed by atoms with van der Waals surface area (Å²) in [5, 5.41) is 10.2. The molecule has 0 unspecified atom stereocenters. The Morgan fingerprint density at radius 1 is 1.23 bits per heavy atom. The van der Waals surface area contributed by atoms with Crippen molar-refractivity contribution in [1.82, 2.24) is 9.29 Å². The molecule has 0 amide bonds. The van der Waals surface area contributed by atoms with Gasteiger partial charge in [-0.3, -0.25) is 4.79 Å². The van der Waals surface area contributed by atoms with Gasteiger partial charge in [-0.15, -0.1) is 0 Å². The third-order valence-corrected chi connectivity index (χ3v) is 6.65. The summed E-state index contributed by atoms with van der Waals surface area (Å²) in [5.74, 6) is 0.763. The topological polar surface area (TPSA) is 99.7 Å². The quantitative estimate of drug-likeness (QED) is 0.676. The lowest BCUT2D eigenvalue weighted by atomic mass is 10.2. The van der Waals surface area contributed by atoms with E-state index in [1.165, 1.54) is 10.4 Å². The van der Waals surface area contributed by atoms with E-state index in [1.54, 1.807) is 18.2 Å². The van der Waals surface area contributed by atoms with Crippen LogP contribution in [-0.2, 0) is 10.0 Å². The van der Waals surface area contributed by atoms with Gasteiger partial charge in [0, 0.05) is 29.6 Å². The highest BCUT2D eigenvalue weighted by Crippen LogP contribution is 2.22. The Morgan fingerprint density at radius 2 is 2.08 bits per heavy atom. The minimum absolute atomic E-state index is 0.0752. The molecule has 3 rings (SSSR count). The third-order valence-electron chi connectivity index (χ3n) is 4.65. The zero-order chi connectivity index (χ0) is 18.6. The number of hydrogen-bond acceptors (Lipinski definition) is 5. The van der Waals surface area contributed by atoms with Crippen LogP contribution in [-0.4, -0.2) is 54.4 Å². The summed E-state index contributed by atoms with van der Waals surface area (Å²) in [5.41, 5.74) is 0.605. The van der Waals surface area contributed by atoms with Crippen LogP contribution in [0.1, 0.15) is 25.7 Å². The van der Waals surface area contributed by atoms with E-state index in [4.69, 9.17) is 4.74 Å². The SMILES string of the molecule is O=c1ccc2cc(OCCCCS(=O)(=O)N3CCC[C@H]3CO)ccc2[nH]1. The van der Waals surface area contributed by atoms with Crippen LogP contribution in [0.5, 0.6) is 5.75 Å². The molecule has 7 nitrogen and oxygen atoms in total. The molecule has 1 aromatic carbocycles. The molecule has 1 fully saturated rings. The van der Waals surface area contributed by atoms with E-state index >= 15 is 0 Å². The van der Waals surface area contributed by atoms with Crippen molar-refractivity contribution >= 4 is 20.9 Å². The molecule has 2 heterocycles. The molecule has 2 N–H and O–H groups in total. The van der Waals surface area contributed by atoms with Crippen molar-refractivity contribution in [3.8, 4) is 5.75 Å². The van der Waals surface area contributed by atoms with Gasteiger partial charge in [0.2, 0.25) is 15.6 Å². The Bertz CT molecular complexity index is 909. The number of nitrogens with zero attached hydrogens (tertiary/aromatic N) is 1. The van der Waals surface area contributed by atoms with Crippen molar-refractivity contribution in [2.24, 2.45) is 0 Å². The summed E-state index contributed by atoms with van der Waals surface area (Å²) in [4.78, 5) is 14.0. The molecule has 1 atom stereocenters. The van der Waals surface area contributed by atoms with Crippen molar-refractivity contribution in [3.05, 3.63) is 40.7 Å². The Morgan fingerprint density at radius 3 is 2.88 bits per heavy atom. The lowest BCUT2D eigenvalue weighted by molar-refractivity contribution is 0.213. The van der Waals surface area contributed by atoms with Crippen molar-refractivity contribution in [2.75, 3.05) is 25.5 Å². The number of unbranched alkanes of at least 4 members (excludes halogenated alkanes) is 1. The van der Waals surface area contributed by atoms with Crippen LogP contribution in [0.4, 0.5) is 0 Å². The molecule has 142 valence electrons. The highest BCUT2D eigenvalue weighted by molar-refractivity contribution is 7.89. The molecule has 0 radical (unpaired) electrons. The van der Waals surface area contributed by atoms with E-state index in [1.807, 2.05) is 6.07 Å². The first-order valence-electron chi connectivity index (χ1n) is 8.86. The molecule has 1 saturated heterocycles. The van der Waals surface area contributed by atoms with Gasteiger partial charge in [-0.1, -0.05) is 0 Å². The number of nitrogens with one attached hydrogen (secondary N) is 1. The Kier molecular flexibility index (Phi) is 5.95. The number of aromatic nitrogens is 1. The van der Waals surface area contributed by atoms with Gasteiger partial charge in [-0.05, 0) is 49.9 Å². The van der Waals surface area contributed by atoms with Crippen LogP contribution in [0.25, 0.3) is 10.9 Å². The van der Waals surface area contributed by atoms with Crippen LogP contribution in [0.2, 0.25) is 0 Å². The largest absolute Gasteiger partial charge is 0.494 e. The average molecular weight is 380 g/mol. The lowest BCUT2D eigenvalue weighted by Crippen LogP contribution is -2.39. The third kappa shape index (κ3) is 4.44. The van der Waals surface area contributed by atoms with Crippen LogP contribution in [0.3, 0.4) is 0 Å². The molecule has 0 saturated carbocycles. The lowest BCUT2D eigenvalue weighted by Gasteiger charge is -2.22. The fourth-order valence-electron chi connectivity index (χ4n) is 3.27. The van der Waals surface area contributed by atoms with Gasteiger partial charge in [-0.2, -0.15) is 4.31 Å². The minimum Gasteiger partial charge on any atom is -0.494 e. The molecular weight excluding hydrogens is 356 g/mol. The molecule has 0 aliphatic carbocycles. The highest BCUT2D eigenvalue weighted by atomic mass is 32.2. The molecular formula is C18H24N2O5S. The van der Waals surface area contributed by atoms with Gasteiger partial charge >= 0.3 is 0 Å². The number of benzene rings is 1. The van der Waals surface area contributed by atoms with Gasteiger partial charge < -0.3 is 14.8 Å². The molecule has 1 aliphatic heterocycles. The number of pyridine rings is 1. The van der Waals surface area contributed by atoms with Crippen molar-refractivity contribution < 1.29 is 18.3 Å². The van der Waals surface area contributed by atoms with Crippen LogP contribution in [0.15, 0.2) is 35.1 Å². The molecule has 26 heavy (non-hydrogen) atoms. The zero-order valence-corrected chi connectivity index (χ0v) is 15.4. The standard InChI is InChI=1S/C18H24N2O5S/c21-13-15-4-3-9-20(15)26(23,24)11-2-1-10-25-16-6-7-17-14(12-16)5-8-18(22)19-17/h5-8,12,15,21H,1-4,9-11,13H2,(H,19,22)/t15-/m0/s1. The maximum absolute atomic E-state index is 12.4. The van der Waals surface area contributed by atoms with E-state index in [2.05, 4.69) is 4.98 Å². The predicted molar refractivity (Wildman–Crippen MR) is 99.9 cm³/mol. The average Bonchev–Trinajstić information content (AvgIpc) is 3.11. The Hall–Kier alpha value is -1.90. The number of aromatic amines is 1. The van der Waals surface area contributed by atoms with E-state index in [0.29, 0.717) is 31.7 Å². The number of rotatable bonds is 8. The molecule has 0 bridgehead atoms. The van der Waals surface area contributed by atoms with E-state index in [0.717, 1.165) is 23.7 Å². The summed E-state index contributed by atoms with van der Waals surface area (Å²) < 4.78 is 31.8. The second-order valence-corrected chi connectivity index (χ2v) is 8.57. The Labute approximate surface area is 152 Å². The van der Waals surface area contributed by atoms with Crippen molar-refractivity contribution in [2.45, 2.75) is 31.7 Å². The number of hydrogen-bond donors (Lipinski definition) is 2. The van der Waals surface area contributed by atoms with Crippen LogP contribution < -0.4 is 10.3 Å². The second kappa shape index (κ2) is 8.20. The number of fused-ring (bicyclic) bond motifs is 1. The van der Waals surface area contributed by atoms with Crippen LogP contribution >= 0.6 is 0 Å². The number of aliphatic hydroxyl groups is 1. The summed E-state index contributed by atoms with van der Waals surface area (Å²) in [6, 6.07) is 8.36. The first-order valence-corrected chi connectivity index (χ1v) is 10.5. The predicted octanol–water partition coefficient (Wildman–Crippen LogP) is 1.47. The fraction of sp³-hybridized carbons (Fsp3) is 0.500. The summed E-state index contributed by atoms with van der Waals surface area (Å²) in [6.45, 7) is 0.812. The maximum Gasteiger partial charge on any atom is 0.248 e. The number of sulfonamides is 1. The van der Waals surface area contributed by atoms with Crippen LogP contribution in [0, 0.1) is 0 Å². The monoisotopic (exact) mass is 380 g/mol. The zero-order valence-electron chi connectivity index (χ0n) is 14.6. The maximum atomic E-state index is 12.4. The number of ether oxygens (including phenoxy) is 1. The number of aliphatic hydroxyl groups excluding tert-OH is 1. The normalized spacial score (nSPS) is 18.4. The number of H-pyrrole nitrogens is 1. The van der Waals surface area contributed by atoms with Gasteiger partial charge in [0.05, 0.1) is 19.0 Å². The Balaban J connectivity index is 1.47. The first kappa shape index (κ1) is 18.9. The van der Waals surface area contributed by atoms with Crippen molar-refractivity contribution in [3.63, 3.8) is 0 Å². The van der Waals surface area contributed by atoms with Gasteiger partial charge in [0.15, 0.2) is 0 Å². The molecule has 0 spiro atoms. The van der Waals surface area contributed by atoms with E-state index in [9.17, 15) is 18.3 Å². The van der Waals surface area contributed by atoms with Gasteiger partial charge in [-0.25, -0.2) is 8.42 Å². The second-order valence-electron chi connectivity index (χ2n) is 6.53. The van der Waals surface area contributed by atoms with Crippen molar-refractivity contribution in [1.29, 1.82) is 0 Å². The minimum atomic E-state index is -3.32. The smallest absolute Gasteiger partial charge is 0.248 e. The molecule has 1 aliphatic rings. The van der Waals surface area contributed by atoms with E-state index in [-0.39, 0.29) is 24.0 Å². The summed E-state index contributed by atoms with van der Waals surface area (Å²) in [7, 11) is -3.32. The first-order chi connectivity index (χ1) is 12.5. The summed E-state index contributed by atoms with van der Waals surface area (Å²) in [6.07, 6.45) is 2.67.